The minimum atomic E-state index is 0.555. The summed E-state index contributed by atoms with van der Waals surface area (Å²) in [5, 5.41) is 11.6. The van der Waals surface area contributed by atoms with E-state index in [4.69, 9.17) is 9.15 Å². The molecule has 2 heterocycles. The van der Waals surface area contributed by atoms with E-state index in [1.807, 2.05) is 24.3 Å². The van der Waals surface area contributed by atoms with Crippen molar-refractivity contribution >= 4 is 0 Å². The quantitative estimate of drug-likeness (QED) is 0.908. The fraction of sp³-hybridized carbons (Fsp3) is 0.429. The van der Waals surface area contributed by atoms with Crippen LogP contribution in [0.2, 0.25) is 0 Å². The number of aromatic nitrogens is 2. The average molecular weight is 259 g/mol. The van der Waals surface area contributed by atoms with Crippen LogP contribution in [0.15, 0.2) is 28.7 Å². The summed E-state index contributed by atoms with van der Waals surface area (Å²) in [6.45, 7) is 2.12. The van der Waals surface area contributed by atoms with Crippen LogP contribution in [0.5, 0.6) is 5.75 Å². The smallest absolute Gasteiger partial charge is 0.247 e. The van der Waals surface area contributed by atoms with Gasteiger partial charge in [-0.3, -0.25) is 0 Å². The van der Waals surface area contributed by atoms with Crippen molar-refractivity contribution in [2.24, 2.45) is 5.92 Å². The van der Waals surface area contributed by atoms with Crippen molar-refractivity contribution in [1.29, 1.82) is 0 Å². The second kappa shape index (κ2) is 5.40. The highest BCUT2D eigenvalue weighted by Crippen LogP contribution is 2.23. The summed E-state index contributed by atoms with van der Waals surface area (Å²) in [5.41, 5.74) is 0.891. The van der Waals surface area contributed by atoms with Gasteiger partial charge in [-0.2, -0.15) is 0 Å². The Kier molecular flexibility index (Phi) is 3.46. The van der Waals surface area contributed by atoms with Gasteiger partial charge in [0.2, 0.25) is 11.8 Å². The molecule has 1 aliphatic rings. The zero-order valence-electron chi connectivity index (χ0n) is 10.9. The number of nitrogens with zero attached hydrogens (tertiary/aromatic N) is 2. The van der Waals surface area contributed by atoms with Crippen LogP contribution >= 0.6 is 0 Å². The molecule has 1 aromatic heterocycles. The summed E-state index contributed by atoms with van der Waals surface area (Å²) in [4.78, 5) is 0. The average Bonchev–Trinajstić information content (AvgIpc) is 3.11. The van der Waals surface area contributed by atoms with Crippen molar-refractivity contribution < 1.29 is 9.15 Å². The Hall–Kier alpha value is -1.88. The van der Waals surface area contributed by atoms with Crippen LogP contribution in [0.3, 0.4) is 0 Å². The number of benzene rings is 1. The number of methoxy groups -OCH3 is 1. The number of ether oxygens (including phenoxy) is 1. The lowest BCUT2D eigenvalue weighted by Crippen LogP contribution is -2.10. The van der Waals surface area contributed by atoms with Crippen molar-refractivity contribution in [1.82, 2.24) is 15.5 Å². The first-order valence-electron chi connectivity index (χ1n) is 6.52. The molecule has 1 aromatic carbocycles. The number of rotatable bonds is 4. The van der Waals surface area contributed by atoms with Crippen LogP contribution in [0.25, 0.3) is 11.5 Å². The molecule has 0 saturated carbocycles. The van der Waals surface area contributed by atoms with Crippen LogP contribution in [0, 0.1) is 5.92 Å². The third-order valence-corrected chi connectivity index (χ3v) is 3.41. The lowest BCUT2D eigenvalue weighted by Gasteiger charge is -2.03. The van der Waals surface area contributed by atoms with E-state index in [0.717, 1.165) is 30.8 Å². The lowest BCUT2D eigenvalue weighted by atomic mass is 10.1. The third-order valence-electron chi connectivity index (χ3n) is 3.41. The van der Waals surface area contributed by atoms with Crippen molar-refractivity contribution in [2.45, 2.75) is 12.8 Å². The van der Waals surface area contributed by atoms with E-state index in [1.54, 1.807) is 7.11 Å². The summed E-state index contributed by atoms with van der Waals surface area (Å²) in [7, 11) is 1.64. The molecule has 19 heavy (non-hydrogen) atoms. The van der Waals surface area contributed by atoms with E-state index in [1.165, 1.54) is 6.42 Å². The first-order valence-corrected chi connectivity index (χ1v) is 6.52. The Balaban J connectivity index is 1.76. The summed E-state index contributed by atoms with van der Waals surface area (Å²) in [6, 6.07) is 7.65. The maximum atomic E-state index is 5.73. The van der Waals surface area contributed by atoms with E-state index in [0.29, 0.717) is 17.7 Å². The molecule has 1 aliphatic heterocycles. The highest BCUT2D eigenvalue weighted by molar-refractivity contribution is 5.55. The Morgan fingerprint density at radius 3 is 3.16 bits per heavy atom. The SMILES string of the molecule is COc1cccc(-c2nnc(CC3CCNC3)o2)c1. The Labute approximate surface area is 112 Å². The highest BCUT2D eigenvalue weighted by Gasteiger charge is 2.18. The zero-order valence-corrected chi connectivity index (χ0v) is 10.9. The van der Waals surface area contributed by atoms with Gasteiger partial charge in [0, 0.05) is 12.0 Å². The van der Waals surface area contributed by atoms with Crippen LogP contribution < -0.4 is 10.1 Å². The number of hydrogen-bond donors (Lipinski definition) is 1. The Morgan fingerprint density at radius 2 is 2.37 bits per heavy atom. The molecular weight excluding hydrogens is 242 g/mol. The molecule has 5 heteroatoms. The molecule has 1 fully saturated rings. The second-order valence-corrected chi connectivity index (χ2v) is 4.80. The van der Waals surface area contributed by atoms with E-state index in [9.17, 15) is 0 Å². The minimum Gasteiger partial charge on any atom is -0.497 e. The van der Waals surface area contributed by atoms with Gasteiger partial charge >= 0.3 is 0 Å². The van der Waals surface area contributed by atoms with Crippen LogP contribution in [0.4, 0.5) is 0 Å². The maximum Gasteiger partial charge on any atom is 0.247 e. The summed E-state index contributed by atoms with van der Waals surface area (Å²) in [5.74, 6) is 2.67. The summed E-state index contributed by atoms with van der Waals surface area (Å²) in [6.07, 6.45) is 2.03. The topological polar surface area (TPSA) is 60.2 Å². The zero-order chi connectivity index (χ0) is 13.1. The van der Waals surface area contributed by atoms with Gasteiger partial charge in [0.1, 0.15) is 5.75 Å². The number of nitrogens with one attached hydrogen (secondary N) is 1. The number of hydrogen-bond acceptors (Lipinski definition) is 5. The predicted octanol–water partition coefficient (Wildman–Crippen LogP) is 1.90. The van der Waals surface area contributed by atoms with Gasteiger partial charge in [-0.05, 0) is 43.6 Å². The molecule has 2 aromatic rings. The fourth-order valence-electron chi connectivity index (χ4n) is 2.34. The molecule has 100 valence electrons. The normalized spacial score (nSPS) is 18.7. The molecule has 5 nitrogen and oxygen atoms in total. The summed E-state index contributed by atoms with van der Waals surface area (Å²) < 4.78 is 10.9. The Bertz CT molecular complexity index is 547. The van der Waals surface area contributed by atoms with E-state index >= 15 is 0 Å². The maximum absolute atomic E-state index is 5.73. The first-order chi connectivity index (χ1) is 9.35. The van der Waals surface area contributed by atoms with Gasteiger partial charge in [0.05, 0.1) is 7.11 Å². The Morgan fingerprint density at radius 1 is 1.42 bits per heavy atom. The van der Waals surface area contributed by atoms with Gasteiger partial charge in [-0.25, -0.2) is 0 Å². The van der Waals surface area contributed by atoms with E-state index < -0.39 is 0 Å². The van der Waals surface area contributed by atoms with Crippen molar-refractivity contribution in [3.63, 3.8) is 0 Å². The molecule has 0 spiro atoms. The van der Waals surface area contributed by atoms with Crippen LogP contribution in [-0.4, -0.2) is 30.4 Å². The van der Waals surface area contributed by atoms with Crippen LogP contribution in [-0.2, 0) is 6.42 Å². The first kappa shape index (κ1) is 12.2. The third kappa shape index (κ3) is 2.76. The molecule has 1 saturated heterocycles. The molecule has 0 bridgehead atoms. The van der Waals surface area contributed by atoms with Crippen molar-refractivity contribution in [2.75, 3.05) is 20.2 Å². The second-order valence-electron chi connectivity index (χ2n) is 4.80. The lowest BCUT2D eigenvalue weighted by molar-refractivity contribution is 0.414. The summed E-state index contributed by atoms with van der Waals surface area (Å²) >= 11 is 0. The minimum absolute atomic E-state index is 0.555. The molecule has 1 N–H and O–H groups in total. The van der Waals surface area contributed by atoms with Gasteiger partial charge in [-0.1, -0.05) is 6.07 Å². The van der Waals surface area contributed by atoms with Gasteiger partial charge in [-0.15, -0.1) is 10.2 Å². The van der Waals surface area contributed by atoms with E-state index in [2.05, 4.69) is 15.5 Å². The van der Waals surface area contributed by atoms with Crippen LogP contribution in [0.1, 0.15) is 12.3 Å². The molecule has 0 amide bonds. The molecular formula is C14H17N3O2. The van der Waals surface area contributed by atoms with Gasteiger partial charge < -0.3 is 14.5 Å². The van der Waals surface area contributed by atoms with Crippen molar-refractivity contribution in [3.05, 3.63) is 30.2 Å². The molecule has 0 radical (unpaired) electrons. The van der Waals surface area contributed by atoms with Gasteiger partial charge in [0.15, 0.2) is 0 Å². The molecule has 1 unspecified atom stereocenters. The standard InChI is InChI=1S/C14H17N3O2/c1-18-12-4-2-3-11(8-12)14-17-16-13(19-14)7-10-5-6-15-9-10/h2-4,8,10,15H,5-7,9H2,1H3. The van der Waals surface area contributed by atoms with Gasteiger partial charge in [0.25, 0.3) is 0 Å². The largest absolute Gasteiger partial charge is 0.497 e. The molecule has 1 atom stereocenters. The van der Waals surface area contributed by atoms with E-state index in [-0.39, 0.29) is 0 Å². The fourth-order valence-corrected chi connectivity index (χ4v) is 2.34. The van der Waals surface area contributed by atoms with Crippen molar-refractivity contribution in [3.8, 4) is 17.2 Å². The molecule has 3 rings (SSSR count). The monoisotopic (exact) mass is 259 g/mol. The molecule has 0 aliphatic carbocycles. The predicted molar refractivity (Wildman–Crippen MR) is 71.0 cm³/mol. The highest BCUT2D eigenvalue weighted by atomic mass is 16.5.